The average Bonchev–Trinajstić information content (AvgIpc) is 2.65. The van der Waals surface area contributed by atoms with Crippen LogP contribution in [-0.2, 0) is 9.53 Å². The number of benzene rings is 2. The fourth-order valence-corrected chi connectivity index (χ4v) is 2.75. The molecule has 2 aromatic rings. The van der Waals surface area contributed by atoms with E-state index in [9.17, 15) is 4.79 Å². The van der Waals surface area contributed by atoms with Gasteiger partial charge in [0.15, 0.2) is 0 Å². The standard InChI is InChI=1S/C20H24N2O3/c1-16-7-8-17(22-10-13-24-14-11-22)15-19(16)21-20(23)9-12-25-18-5-3-2-4-6-18/h2-8,15H,9-14H2,1H3,(H,21,23). The van der Waals surface area contributed by atoms with Crippen LogP contribution in [-0.4, -0.2) is 38.8 Å². The van der Waals surface area contributed by atoms with Gasteiger partial charge in [-0.05, 0) is 36.8 Å². The number of para-hydroxylation sites is 1. The van der Waals surface area contributed by atoms with Gasteiger partial charge in [0.1, 0.15) is 5.75 Å². The third-order valence-electron chi connectivity index (χ3n) is 4.21. The Morgan fingerprint density at radius 3 is 2.68 bits per heavy atom. The summed E-state index contributed by atoms with van der Waals surface area (Å²) in [5.41, 5.74) is 3.02. The van der Waals surface area contributed by atoms with Crippen LogP contribution in [0.1, 0.15) is 12.0 Å². The summed E-state index contributed by atoms with van der Waals surface area (Å²) < 4.78 is 11.0. The fraction of sp³-hybridized carbons (Fsp3) is 0.350. The van der Waals surface area contributed by atoms with Crippen molar-refractivity contribution < 1.29 is 14.3 Å². The smallest absolute Gasteiger partial charge is 0.227 e. The lowest BCUT2D eigenvalue weighted by atomic mass is 10.1. The van der Waals surface area contributed by atoms with Gasteiger partial charge in [-0.3, -0.25) is 4.79 Å². The van der Waals surface area contributed by atoms with Gasteiger partial charge >= 0.3 is 0 Å². The van der Waals surface area contributed by atoms with Crippen molar-refractivity contribution in [2.75, 3.05) is 43.1 Å². The van der Waals surface area contributed by atoms with Gasteiger partial charge in [-0.25, -0.2) is 0 Å². The first kappa shape index (κ1) is 17.3. The summed E-state index contributed by atoms with van der Waals surface area (Å²) in [5.74, 6) is 0.735. The number of amides is 1. The van der Waals surface area contributed by atoms with E-state index in [0.29, 0.717) is 13.0 Å². The minimum Gasteiger partial charge on any atom is -0.493 e. The topological polar surface area (TPSA) is 50.8 Å². The van der Waals surface area contributed by atoms with Gasteiger partial charge in [-0.2, -0.15) is 0 Å². The number of ether oxygens (including phenoxy) is 2. The van der Waals surface area contributed by atoms with E-state index < -0.39 is 0 Å². The van der Waals surface area contributed by atoms with Crippen LogP contribution in [0.2, 0.25) is 0 Å². The zero-order valence-electron chi connectivity index (χ0n) is 14.5. The highest BCUT2D eigenvalue weighted by atomic mass is 16.5. The maximum absolute atomic E-state index is 12.2. The van der Waals surface area contributed by atoms with Gasteiger partial charge in [0.25, 0.3) is 0 Å². The van der Waals surface area contributed by atoms with Crippen LogP contribution in [0.4, 0.5) is 11.4 Å². The van der Waals surface area contributed by atoms with E-state index in [-0.39, 0.29) is 5.91 Å². The van der Waals surface area contributed by atoms with Gasteiger partial charge in [-0.15, -0.1) is 0 Å². The maximum Gasteiger partial charge on any atom is 0.227 e. The van der Waals surface area contributed by atoms with Crippen molar-refractivity contribution >= 4 is 17.3 Å². The van der Waals surface area contributed by atoms with Crippen LogP contribution in [0.15, 0.2) is 48.5 Å². The SMILES string of the molecule is Cc1ccc(N2CCOCC2)cc1NC(=O)CCOc1ccccc1. The number of hydrogen-bond acceptors (Lipinski definition) is 4. The van der Waals surface area contributed by atoms with Crippen molar-refractivity contribution in [3.63, 3.8) is 0 Å². The zero-order chi connectivity index (χ0) is 17.5. The zero-order valence-corrected chi connectivity index (χ0v) is 14.5. The van der Waals surface area contributed by atoms with Crippen LogP contribution in [0, 0.1) is 6.92 Å². The number of carbonyl (C=O) groups is 1. The molecular formula is C20H24N2O3. The molecule has 0 unspecified atom stereocenters. The summed E-state index contributed by atoms with van der Waals surface area (Å²) in [5, 5.41) is 3.00. The lowest BCUT2D eigenvalue weighted by Crippen LogP contribution is -2.36. The molecule has 1 heterocycles. The van der Waals surface area contributed by atoms with Crippen LogP contribution in [0.5, 0.6) is 5.75 Å². The molecule has 132 valence electrons. The molecule has 0 aliphatic carbocycles. The van der Waals surface area contributed by atoms with Gasteiger partial charge in [0.2, 0.25) is 5.91 Å². The fourth-order valence-electron chi connectivity index (χ4n) is 2.75. The van der Waals surface area contributed by atoms with Crippen molar-refractivity contribution in [3.8, 4) is 5.75 Å². The molecule has 0 aromatic heterocycles. The third-order valence-corrected chi connectivity index (χ3v) is 4.21. The molecule has 25 heavy (non-hydrogen) atoms. The van der Waals surface area contributed by atoms with Crippen molar-refractivity contribution in [2.45, 2.75) is 13.3 Å². The summed E-state index contributed by atoms with van der Waals surface area (Å²) in [7, 11) is 0. The largest absolute Gasteiger partial charge is 0.493 e. The number of carbonyl (C=O) groups excluding carboxylic acids is 1. The Bertz CT molecular complexity index is 697. The predicted molar refractivity (Wildman–Crippen MR) is 99.4 cm³/mol. The normalized spacial score (nSPS) is 14.2. The molecular weight excluding hydrogens is 316 g/mol. The molecule has 1 aliphatic rings. The minimum absolute atomic E-state index is 0.0434. The van der Waals surface area contributed by atoms with Gasteiger partial charge in [0.05, 0.1) is 26.2 Å². The molecule has 0 saturated carbocycles. The molecule has 1 aliphatic heterocycles. The summed E-state index contributed by atoms with van der Waals surface area (Å²) in [6.07, 6.45) is 0.316. The first-order chi connectivity index (χ1) is 12.2. The highest BCUT2D eigenvalue weighted by Crippen LogP contribution is 2.24. The Morgan fingerprint density at radius 2 is 1.92 bits per heavy atom. The quantitative estimate of drug-likeness (QED) is 0.877. The molecule has 0 bridgehead atoms. The lowest BCUT2D eigenvalue weighted by Gasteiger charge is -2.29. The van der Waals surface area contributed by atoms with E-state index in [0.717, 1.165) is 49.0 Å². The van der Waals surface area contributed by atoms with E-state index >= 15 is 0 Å². The van der Waals surface area contributed by atoms with Crippen LogP contribution in [0.25, 0.3) is 0 Å². The van der Waals surface area contributed by atoms with Gasteiger partial charge in [0, 0.05) is 24.5 Å². The van der Waals surface area contributed by atoms with Crippen molar-refractivity contribution in [1.29, 1.82) is 0 Å². The molecule has 0 atom stereocenters. The molecule has 1 amide bonds. The highest BCUT2D eigenvalue weighted by Gasteiger charge is 2.13. The van der Waals surface area contributed by atoms with Crippen molar-refractivity contribution in [3.05, 3.63) is 54.1 Å². The molecule has 1 fully saturated rings. The molecule has 2 aromatic carbocycles. The molecule has 5 heteroatoms. The number of anilines is 2. The summed E-state index contributed by atoms with van der Waals surface area (Å²) in [4.78, 5) is 14.5. The summed E-state index contributed by atoms with van der Waals surface area (Å²) in [6.45, 7) is 5.60. The second-order valence-corrected chi connectivity index (χ2v) is 6.06. The maximum atomic E-state index is 12.2. The Morgan fingerprint density at radius 1 is 1.16 bits per heavy atom. The summed E-state index contributed by atoms with van der Waals surface area (Å²) >= 11 is 0. The van der Waals surface area contributed by atoms with E-state index in [1.807, 2.05) is 49.4 Å². The Kier molecular flexibility index (Phi) is 5.90. The number of nitrogens with one attached hydrogen (secondary N) is 1. The van der Waals surface area contributed by atoms with Crippen LogP contribution >= 0.6 is 0 Å². The number of rotatable bonds is 6. The lowest BCUT2D eigenvalue weighted by molar-refractivity contribution is -0.116. The van der Waals surface area contributed by atoms with Gasteiger partial charge in [-0.1, -0.05) is 24.3 Å². The number of morpholine rings is 1. The Balaban J connectivity index is 1.55. The number of hydrogen-bond donors (Lipinski definition) is 1. The number of aryl methyl sites for hydroxylation is 1. The molecule has 5 nitrogen and oxygen atoms in total. The molecule has 3 rings (SSSR count). The van der Waals surface area contributed by atoms with Crippen LogP contribution < -0.4 is 15.0 Å². The predicted octanol–water partition coefficient (Wildman–Crippen LogP) is 3.24. The van der Waals surface area contributed by atoms with Crippen molar-refractivity contribution in [1.82, 2.24) is 0 Å². The molecule has 1 N–H and O–H groups in total. The van der Waals surface area contributed by atoms with E-state index in [1.54, 1.807) is 0 Å². The second-order valence-electron chi connectivity index (χ2n) is 6.06. The average molecular weight is 340 g/mol. The monoisotopic (exact) mass is 340 g/mol. The summed E-state index contributed by atoms with van der Waals surface area (Å²) in [6, 6.07) is 15.7. The second kappa shape index (κ2) is 8.53. The Labute approximate surface area is 148 Å². The van der Waals surface area contributed by atoms with Crippen molar-refractivity contribution in [2.24, 2.45) is 0 Å². The molecule has 0 radical (unpaired) electrons. The van der Waals surface area contributed by atoms with E-state index in [1.165, 1.54) is 0 Å². The third kappa shape index (κ3) is 4.97. The molecule has 0 spiro atoms. The first-order valence-corrected chi connectivity index (χ1v) is 8.63. The first-order valence-electron chi connectivity index (χ1n) is 8.63. The minimum atomic E-state index is -0.0434. The van der Waals surface area contributed by atoms with E-state index in [4.69, 9.17) is 9.47 Å². The van der Waals surface area contributed by atoms with E-state index in [2.05, 4.69) is 16.3 Å². The molecule has 1 saturated heterocycles. The number of nitrogens with zero attached hydrogens (tertiary/aromatic N) is 1. The highest BCUT2D eigenvalue weighted by molar-refractivity contribution is 5.92. The Hall–Kier alpha value is -2.53. The van der Waals surface area contributed by atoms with Crippen LogP contribution in [0.3, 0.4) is 0 Å². The van der Waals surface area contributed by atoms with Gasteiger partial charge < -0.3 is 19.7 Å².